The fraction of sp³-hybridized carbons (Fsp3) is 0.483. The SMILES string of the molecule is COc1ccc2c(c1)CC[C@@H]1[C@@H]2CC[C@]2(C)C(=O)/C(=C/c3ccc(C(C)C)cc3)C[C@H]12. The number of fused-ring (bicyclic) bond motifs is 5. The number of hydrogen-bond acceptors (Lipinski definition) is 2. The van der Waals surface area contributed by atoms with Gasteiger partial charge in [-0.1, -0.05) is 51.1 Å². The molecule has 0 N–H and O–H groups in total. The minimum Gasteiger partial charge on any atom is -0.497 e. The number of benzene rings is 2. The van der Waals surface area contributed by atoms with Crippen LogP contribution in [0, 0.1) is 17.3 Å². The molecule has 31 heavy (non-hydrogen) atoms. The van der Waals surface area contributed by atoms with Gasteiger partial charge >= 0.3 is 0 Å². The normalized spacial score (nSPS) is 30.8. The average Bonchev–Trinajstić information content (AvgIpc) is 3.04. The van der Waals surface area contributed by atoms with Gasteiger partial charge in [-0.3, -0.25) is 4.79 Å². The number of allylic oxidation sites excluding steroid dienone is 1. The molecule has 0 heterocycles. The molecule has 0 amide bonds. The Morgan fingerprint density at radius 3 is 2.58 bits per heavy atom. The van der Waals surface area contributed by atoms with Gasteiger partial charge in [-0.05, 0) is 102 Å². The summed E-state index contributed by atoms with van der Waals surface area (Å²) in [5, 5.41) is 0. The number of Topliss-reactive ketones (excluding diaryl/α,β-unsaturated/α-hetero) is 1. The Bertz CT molecular complexity index is 1030. The van der Waals surface area contributed by atoms with Crippen molar-refractivity contribution >= 4 is 11.9 Å². The fourth-order valence-corrected chi connectivity index (χ4v) is 6.66. The van der Waals surface area contributed by atoms with E-state index in [9.17, 15) is 4.79 Å². The van der Waals surface area contributed by atoms with Gasteiger partial charge in [0.1, 0.15) is 5.75 Å². The van der Waals surface area contributed by atoms with Crippen LogP contribution in [0.15, 0.2) is 48.0 Å². The second kappa shape index (κ2) is 7.65. The van der Waals surface area contributed by atoms with Crippen LogP contribution in [0.25, 0.3) is 6.08 Å². The van der Waals surface area contributed by atoms with Crippen molar-refractivity contribution < 1.29 is 9.53 Å². The summed E-state index contributed by atoms with van der Waals surface area (Å²) in [5.41, 5.74) is 6.33. The number of ether oxygens (including phenoxy) is 1. The maximum atomic E-state index is 13.6. The van der Waals surface area contributed by atoms with E-state index in [2.05, 4.69) is 69.3 Å². The first kappa shape index (κ1) is 20.5. The highest BCUT2D eigenvalue weighted by molar-refractivity contribution is 6.06. The number of methoxy groups -OCH3 is 1. The Hall–Kier alpha value is -2.35. The standard InChI is InChI=1S/C29H34O2/c1-18(2)20-7-5-19(6-8-20)15-22-17-27-26-11-9-21-16-23(31-4)10-12-24(21)25(26)13-14-29(27,3)28(22)30/h5-8,10,12,15-16,18,25-27H,9,11,13-14,17H2,1-4H3/b22-15+/t25-,26-,27-,29+/m1/s1. The van der Waals surface area contributed by atoms with E-state index in [-0.39, 0.29) is 5.41 Å². The van der Waals surface area contributed by atoms with Crippen molar-refractivity contribution in [2.24, 2.45) is 17.3 Å². The van der Waals surface area contributed by atoms with Crippen LogP contribution in [0.1, 0.15) is 80.5 Å². The first-order chi connectivity index (χ1) is 14.9. The Morgan fingerprint density at radius 1 is 1.10 bits per heavy atom. The van der Waals surface area contributed by atoms with Gasteiger partial charge in [0.2, 0.25) is 0 Å². The molecule has 0 saturated heterocycles. The summed E-state index contributed by atoms with van der Waals surface area (Å²) in [6, 6.07) is 15.4. The molecule has 0 spiro atoms. The number of hydrogen-bond donors (Lipinski definition) is 0. The molecule has 2 nitrogen and oxygen atoms in total. The summed E-state index contributed by atoms with van der Waals surface area (Å²) >= 11 is 0. The minimum absolute atomic E-state index is 0.186. The van der Waals surface area contributed by atoms with Crippen LogP contribution < -0.4 is 4.74 Å². The third-order valence-electron chi connectivity index (χ3n) is 8.52. The third-order valence-corrected chi connectivity index (χ3v) is 8.52. The first-order valence-electron chi connectivity index (χ1n) is 11.9. The molecule has 2 aromatic carbocycles. The summed E-state index contributed by atoms with van der Waals surface area (Å²) in [4.78, 5) is 13.6. The number of carbonyl (C=O) groups is 1. The van der Waals surface area contributed by atoms with Crippen molar-refractivity contribution in [3.05, 3.63) is 70.3 Å². The van der Waals surface area contributed by atoms with Crippen molar-refractivity contribution in [3.8, 4) is 5.75 Å². The Labute approximate surface area is 186 Å². The average molecular weight is 415 g/mol. The van der Waals surface area contributed by atoms with Gasteiger partial charge in [-0.15, -0.1) is 0 Å². The Morgan fingerprint density at radius 2 is 1.87 bits per heavy atom. The van der Waals surface area contributed by atoms with Crippen molar-refractivity contribution in [2.45, 2.75) is 64.7 Å². The molecule has 3 aliphatic carbocycles. The van der Waals surface area contributed by atoms with E-state index in [1.165, 1.54) is 23.1 Å². The molecule has 0 aromatic heterocycles. The van der Waals surface area contributed by atoms with Gasteiger partial charge in [0, 0.05) is 5.41 Å². The van der Waals surface area contributed by atoms with Gasteiger partial charge in [0.25, 0.3) is 0 Å². The fourth-order valence-electron chi connectivity index (χ4n) is 6.66. The molecule has 0 aliphatic heterocycles. The lowest BCUT2D eigenvalue weighted by Crippen LogP contribution is -2.42. The zero-order chi connectivity index (χ0) is 21.8. The molecular formula is C29H34O2. The summed E-state index contributed by atoms with van der Waals surface area (Å²) in [6.07, 6.45) is 7.53. The lowest BCUT2D eigenvalue weighted by atomic mass is 9.55. The number of carbonyl (C=O) groups excluding carboxylic acids is 1. The van der Waals surface area contributed by atoms with Gasteiger partial charge < -0.3 is 4.74 Å². The zero-order valence-corrected chi connectivity index (χ0v) is 19.3. The van der Waals surface area contributed by atoms with Crippen LogP contribution in [0.5, 0.6) is 5.75 Å². The second-order valence-corrected chi connectivity index (χ2v) is 10.5. The van der Waals surface area contributed by atoms with E-state index < -0.39 is 0 Å². The number of rotatable bonds is 3. The predicted molar refractivity (Wildman–Crippen MR) is 127 cm³/mol. The van der Waals surface area contributed by atoms with Gasteiger partial charge in [0.15, 0.2) is 5.78 Å². The van der Waals surface area contributed by atoms with E-state index in [1.54, 1.807) is 7.11 Å². The lowest BCUT2D eigenvalue weighted by molar-refractivity contribution is -0.127. The van der Waals surface area contributed by atoms with E-state index in [1.807, 2.05) is 0 Å². The smallest absolute Gasteiger partial charge is 0.165 e. The quantitative estimate of drug-likeness (QED) is 0.509. The number of aryl methyl sites for hydroxylation is 1. The van der Waals surface area contributed by atoms with Crippen LogP contribution in [0.3, 0.4) is 0 Å². The molecule has 2 heteroatoms. The first-order valence-corrected chi connectivity index (χ1v) is 11.9. The Balaban J connectivity index is 1.43. The number of ketones is 1. The van der Waals surface area contributed by atoms with Crippen LogP contribution in [-0.4, -0.2) is 12.9 Å². The molecule has 0 radical (unpaired) electrons. The second-order valence-electron chi connectivity index (χ2n) is 10.5. The summed E-state index contributed by atoms with van der Waals surface area (Å²) in [7, 11) is 1.74. The van der Waals surface area contributed by atoms with Gasteiger partial charge in [-0.2, -0.15) is 0 Å². The lowest BCUT2D eigenvalue weighted by Gasteiger charge is -2.48. The molecule has 4 atom stereocenters. The molecular weight excluding hydrogens is 380 g/mol. The van der Waals surface area contributed by atoms with E-state index in [4.69, 9.17) is 4.74 Å². The predicted octanol–water partition coefficient (Wildman–Crippen LogP) is 6.94. The van der Waals surface area contributed by atoms with Crippen molar-refractivity contribution in [1.29, 1.82) is 0 Å². The van der Waals surface area contributed by atoms with Gasteiger partial charge in [0.05, 0.1) is 7.11 Å². The molecule has 0 unspecified atom stereocenters. The third kappa shape index (κ3) is 3.35. The monoisotopic (exact) mass is 414 g/mol. The maximum Gasteiger partial charge on any atom is 0.165 e. The highest BCUT2D eigenvalue weighted by Gasteiger charge is 2.56. The molecule has 0 bridgehead atoms. The van der Waals surface area contributed by atoms with Crippen LogP contribution in [-0.2, 0) is 11.2 Å². The van der Waals surface area contributed by atoms with Crippen molar-refractivity contribution in [2.75, 3.05) is 7.11 Å². The molecule has 2 saturated carbocycles. The van der Waals surface area contributed by atoms with E-state index in [0.29, 0.717) is 29.5 Å². The zero-order valence-electron chi connectivity index (χ0n) is 19.3. The van der Waals surface area contributed by atoms with Crippen molar-refractivity contribution in [3.63, 3.8) is 0 Å². The van der Waals surface area contributed by atoms with E-state index >= 15 is 0 Å². The highest BCUT2D eigenvalue weighted by Crippen LogP contribution is 2.60. The Kier molecular flexibility index (Phi) is 5.07. The molecule has 2 aromatic rings. The highest BCUT2D eigenvalue weighted by atomic mass is 16.5. The molecule has 5 rings (SSSR count). The van der Waals surface area contributed by atoms with Crippen LogP contribution in [0.2, 0.25) is 0 Å². The molecule has 3 aliphatic rings. The largest absolute Gasteiger partial charge is 0.497 e. The van der Waals surface area contributed by atoms with E-state index in [0.717, 1.165) is 42.6 Å². The van der Waals surface area contributed by atoms with Crippen LogP contribution >= 0.6 is 0 Å². The van der Waals surface area contributed by atoms with Crippen molar-refractivity contribution in [1.82, 2.24) is 0 Å². The van der Waals surface area contributed by atoms with Gasteiger partial charge in [-0.25, -0.2) is 0 Å². The minimum atomic E-state index is -0.186. The summed E-state index contributed by atoms with van der Waals surface area (Å²) in [6.45, 7) is 6.69. The molecule has 162 valence electrons. The summed E-state index contributed by atoms with van der Waals surface area (Å²) < 4.78 is 5.45. The topological polar surface area (TPSA) is 26.3 Å². The maximum absolute atomic E-state index is 13.6. The van der Waals surface area contributed by atoms with Crippen LogP contribution in [0.4, 0.5) is 0 Å². The summed E-state index contributed by atoms with van der Waals surface area (Å²) in [5.74, 6) is 3.56. The molecule has 2 fully saturated rings.